The summed E-state index contributed by atoms with van der Waals surface area (Å²) in [5, 5.41) is 23.7. The van der Waals surface area contributed by atoms with Crippen molar-refractivity contribution in [2.75, 3.05) is 36.5 Å². The van der Waals surface area contributed by atoms with E-state index in [9.17, 15) is 15.2 Å². The number of carboxylic acids is 1. The number of fused-ring (bicyclic) bond motifs is 1. The van der Waals surface area contributed by atoms with E-state index in [1.165, 1.54) is 0 Å². The molecule has 7 nitrogen and oxygen atoms in total. The van der Waals surface area contributed by atoms with Crippen molar-refractivity contribution in [3.05, 3.63) is 64.2 Å². The lowest BCUT2D eigenvalue weighted by Crippen LogP contribution is -2.37. The van der Waals surface area contributed by atoms with Gasteiger partial charge >= 0.3 is 5.97 Å². The van der Waals surface area contributed by atoms with E-state index in [2.05, 4.69) is 22.4 Å². The number of nitrogens with zero attached hydrogens (tertiary/aromatic N) is 3. The van der Waals surface area contributed by atoms with Crippen molar-refractivity contribution in [3.8, 4) is 6.07 Å². The van der Waals surface area contributed by atoms with Gasteiger partial charge in [0.25, 0.3) is 0 Å². The number of carboxylic acid groups (broad SMARTS) is 1. The van der Waals surface area contributed by atoms with E-state index in [0.717, 1.165) is 46.5 Å². The fourth-order valence-electron chi connectivity index (χ4n) is 4.29. The lowest BCUT2D eigenvalue weighted by atomic mass is 9.95. The number of morpholine rings is 1. The van der Waals surface area contributed by atoms with Gasteiger partial charge in [0.1, 0.15) is 11.9 Å². The van der Waals surface area contributed by atoms with Gasteiger partial charge in [-0.15, -0.1) is 0 Å². The fraction of sp³-hybridized carbons (Fsp3) is 0.320. The number of hydrogen-bond acceptors (Lipinski definition) is 6. The third-order valence-corrected chi connectivity index (χ3v) is 5.90. The van der Waals surface area contributed by atoms with Crippen LogP contribution in [0.4, 0.5) is 11.5 Å². The highest BCUT2D eigenvalue weighted by atomic mass is 16.5. The highest BCUT2D eigenvalue weighted by Gasteiger charge is 2.22. The van der Waals surface area contributed by atoms with Crippen molar-refractivity contribution < 1.29 is 14.6 Å². The van der Waals surface area contributed by atoms with E-state index in [4.69, 9.17) is 9.72 Å². The van der Waals surface area contributed by atoms with Crippen molar-refractivity contribution in [3.63, 3.8) is 0 Å². The Morgan fingerprint density at radius 1 is 1.25 bits per heavy atom. The Labute approximate surface area is 187 Å². The first-order chi connectivity index (χ1) is 15.4. The van der Waals surface area contributed by atoms with Gasteiger partial charge in [-0.3, -0.25) is 0 Å². The van der Waals surface area contributed by atoms with Crippen molar-refractivity contribution in [1.82, 2.24) is 4.98 Å². The standard InChI is InChI=1S/C25H26N4O3/c1-15-12-19(17(3)27-22-7-5-4-6-18(22)25(30)31)23-20(13-15)21(14-26)16(2)24(28-23)29-8-10-32-11-9-29/h4-7,12-13,17,27H,8-11H2,1-3H3,(H,30,31). The average molecular weight is 431 g/mol. The van der Waals surface area contributed by atoms with Crippen LogP contribution in [0.15, 0.2) is 36.4 Å². The summed E-state index contributed by atoms with van der Waals surface area (Å²) >= 11 is 0. The summed E-state index contributed by atoms with van der Waals surface area (Å²) in [6.45, 7) is 8.64. The first kappa shape index (κ1) is 21.6. The quantitative estimate of drug-likeness (QED) is 0.618. The number of benzene rings is 2. The second kappa shape index (κ2) is 8.85. The number of hydrogen-bond donors (Lipinski definition) is 2. The summed E-state index contributed by atoms with van der Waals surface area (Å²) in [4.78, 5) is 18.8. The number of aryl methyl sites for hydroxylation is 1. The Morgan fingerprint density at radius 3 is 2.66 bits per heavy atom. The number of pyridine rings is 1. The topological polar surface area (TPSA) is 98.5 Å². The molecule has 2 heterocycles. The molecule has 1 aromatic heterocycles. The molecule has 1 aliphatic heterocycles. The number of carbonyl (C=O) groups is 1. The summed E-state index contributed by atoms with van der Waals surface area (Å²) < 4.78 is 5.49. The van der Waals surface area contributed by atoms with Gasteiger partial charge in [0, 0.05) is 35.3 Å². The van der Waals surface area contributed by atoms with Crippen molar-refractivity contribution in [2.45, 2.75) is 26.8 Å². The monoisotopic (exact) mass is 430 g/mol. The average Bonchev–Trinajstić information content (AvgIpc) is 2.79. The van der Waals surface area contributed by atoms with Crippen LogP contribution in [-0.2, 0) is 4.74 Å². The van der Waals surface area contributed by atoms with E-state index in [1.54, 1.807) is 18.2 Å². The molecule has 1 unspecified atom stereocenters. The Hall–Kier alpha value is -3.63. The predicted molar refractivity (Wildman–Crippen MR) is 124 cm³/mol. The highest BCUT2D eigenvalue weighted by Crippen LogP contribution is 2.34. The molecule has 1 saturated heterocycles. The van der Waals surface area contributed by atoms with Gasteiger partial charge < -0.3 is 20.1 Å². The summed E-state index contributed by atoms with van der Waals surface area (Å²) in [5.74, 6) is -0.176. The van der Waals surface area contributed by atoms with Crippen LogP contribution in [0.3, 0.4) is 0 Å². The molecule has 1 fully saturated rings. The number of aromatic carboxylic acids is 1. The molecule has 0 aliphatic carbocycles. The SMILES string of the molecule is Cc1cc(C(C)Nc2ccccc2C(=O)O)c2nc(N3CCOCC3)c(C)c(C#N)c2c1. The minimum Gasteiger partial charge on any atom is -0.478 e. The first-order valence-corrected chi connectivity index (χ1v) is 10.7. The predicted octanol–water partition coefficient (Wildman–Crippen LogP) is 4.43. The number of aromatic nitrogens is 1. The molecule has 7 heteroatoms. The van der Waals surface area contributed by atoms with Gasteiger partial charge in [-0.2, -0.15) is 5.26 Å². The van der Waals surface area contributed by atoms with Crippen molar-refractivity contribution in [2.24, 2.45) is 0 Å². The largest absolute Gasteiger partial charge is 0.478 e. The van der Waals surface area contributed by atoms with E-state index in [0.29, 0.717) is 24.5 Å². The van der Waals surface area contributed by atoms with Gasteiger partial charge in [0.05, 0.1) is 35.9 Å². The van der Waals surface area contributed by atoms with E-state index >= 15 is 0 Å². The Kier molecular flexibility index (Phi) is 5.97. The van der Waals surface area contributed by atoms with Crippen LogP contribution < -0.4 is 10.2 Å². The molecule has 2 N–H and O–H groups in total. The van der Waals surface area contributed by atoms with Gasteiger partial charge in [-0.05, 0) is 44.5 Å². The van der Waals surface area contributed by atoms with Gasteiger partial charge in [-0.1, -0.05) is 18.2 Å². The van der Waals surface area contributed by atoms with Crippen LogP contribution in [0, 0.1) is 25.2 Å². The van der Waals surface area contributed by atoms with Gasteiger partial charge in [0.2, 0.25) is 0 Å². The number of ether oxygens (including phenoxy) is 1. The maximum absolute atomic E-state index is 11.6. The first-order valence-electron chi connectivity index (χ1n) is 10.7. The molecule has 2 aromatic carbocycles. The summed E-state index contributed by atoms with van der Waals surface area (Å²) in [6, 6.07) is 13.1. The summed E-state index contributed by atoms with van der Waals surface area (Å²) in [5.41, 5.74) is 4.95. The van der Waals surface area contributed by atoms with Gasteiger partial charge in [0.15, 0.2) is 0 Å². The van der Waals surface area contributed by atoms with E-state index in [1.807, 2.05) is 32.9 Å². The second-order valence-electron chi connectivity index (χ2n) is 8.11. The van der Waals surface area contributed by atoms with E-state index < -0.39 is 5.97 Å². The molecule has 1 aliphatic rings. The minimum atomic E-state index is -0.982. The number of anilines is 2. The molecule has 0 amide bonds. The van der Waals surface area contributed by atoms with Crippen LogP contribution in [0.2, 0.25) is 0 Å². The molecule has 32 heavy (non-hydrogen) atoms. The van der Waals surface area contributed by atoms with Gasteiger partial charge in [-0.25, -0.2) is 9.78 Å². The molecule has 0 saturated carbocycles. The molecular formula is C25H26N4O3. The molecule has 0 radical (unpaired) electrons. The molecule has 4 rings (SSSR count). The maximum atomic E-state index is 11.6. The van der Waals surface area contributed by atoms with Crippen LogP contribution in [-0.4, -0.2) is 42.4 Å². The molecule has 1 atom stereocenters. The smallest absolute Gasteiger partial charge is 0.337 e. The zero-order valence-corrected chi connectivity index (χ0v) is 18.5. The third-order valence-electron chi connectivity index (χ3n) is 5.90. The van der Waals surface area contributed by atoms with Crippen molar-refractivity contribution in [1.29, 1.82) is 5.26 Å². The molecule has 0 bridgehead atoms. The molecule has 164 valence electrons. The Bertz CT molecular complexity index is 1230. The molecule has 3 aromatic rings. The molecular weight excluding hydrogens is 404 g/mol. The summed E-state index contributed by atoms with van der Waals surface area (Å²) in [6.07, 6.45) is 0. The third kappa shape index (κ3) is 3.97. The number of rotatable bonds is 5. The van der Waals surface area contributed by atoms with Crippen LogP contribution in [0.25, 0.3) is 10.9 Å². The van der Waals surface area contributed by atoms with E-state index in [-0.39, 0.29) is 11.6 Å². The van der Waals surface area contributed by atoms with Crippen LogP contribution >= 0.6 is 0 Å². The number of para-hydroxylation sites is 1. The Balaban J connectivity index is 1.86. The lowest BCUT2D eigenvalue weighted by Gasteiger charge is -2.30. The second-order valence-corrected chi connectivity index (χ2v) is 8.11. The Morgan fingerprint density at radius 2 is 1.97 bits per heavy atom. The van der Waals surface area contributed by atoms with Crippen LogP contribution in [0.1, 0.15) is 45.6 Å². The van der Waals surface area contributed by atoms with Crippen LogP contribution in [0.5, 0.6) is 0 Å². The molecule has 0 spiro atoms. The zero-order valence-electron chi connectivity index (χ0n) is 18.5. The lowest BCUT2D eigenvalue weighted by molar-refractivity contribution is 0.0698. The normalized spacial score (nSPS) is 14.8. The fourth-order valence-corrected chi connectivity index (χ4v) is 4.29. The highest BCUT2D eigenvalue weighted by molar-refractivity contribution is 5.95. The zero-order chi connectivity index (χ0) is 22.8. The minimum absolute atomic E-state index is 0.215. The number of nitriles is 1. The van der Waals surface area contributed by atoms with Crippen molar-refractivity contribution >= 4 is 28.4 Å². The number of nitrogens with one attached hydrogen (secondary N) is 1. The maximum Gasteiger partial charge on any atom is 0.337 e. The summed E-state index contributed by atoms with van der Waals surface area (Å²) in [7, 11) is 0.